The molecule has 5 nitrogen and oxygen atoms in total. The third-order valence-corrected chi connectivity index (χ3v) is 4.89. The van der Waals surface area contributed by atoms with E-state index < -0.39 is 12.3 Å². The van der Waals surface area contributed by atoms with Crippen molar-refractivity contribution in [1.82, 2.24) is 19.9 Å². The number of carbonyl (C=O) groups excluding carboxylic acids is 1. The molecule has 2 aromatic heterocycles. The lowest BCUT2D eigenvalue weighted by Crippen LogP contribution is -2.23. The number of rotatable bonds is 5. The van der Waals surface area contributed by atoms with Gasteiger partial charge in [-0.3, -0.25) is 4.79 Å². The average molecular weight is 406 g/mol. The molecule has 0 saturated carbocycles. The Morgan fingerprint density at radius 2 is 1.67 bits per heavy atom. The highest BCUT2D eigenvalue weighted by molar-refractivity contribution is 5.99. The summed E-state index contributed by atoms with van der Waals surface area (Å²) >= 11 is 0. The molecule has 2 heterocycles. The van der Waals surface area contributed by atoms with Crippen LogP contribution in [0.5, 0.6) is 0 Å². The molecule has 0 radical (unpaired) electrons. The van der Waals surface area contributed by atoms with Crippen molar-refractivity contribution in [1.29, 1.82) is 0 Å². The number of alkyl halides is 2. The maximum absolute atomic E-state index is 13.7. The first-order chi connectivity index (χ1) is 14.4. The molecule has 0 aliphatic rings. The molecule has 0 saturated heterocycles. The maximum Gasteiger partial charge on any atom is 0.280 e. The molecule has 30 heavy (non-hydrogen) atoms. The van der Waals surface area contributed by atoms with Gasteiger partial charge in [0.05, 0.1) is 11.9 Å². The number of hydrogen-bond acceptors (Lipinski definition) is 3. The number of nitrogens with one attached hydrogen (secondary N) is 1. The zero-order chi connectivity index (χ0) is 21.3. The monoisotopic (exact) mass is 406 g/mol. The Bertz CT molecular complexity index is 1200. The van der Waals surface area contributed by atoms with Gasteiger partial charge < -0.3 is 5.32 Å². The van der Waals surface area contributed by atoms with Gasteiger partial charge in [-0.15, -0.1) is 0 Å². The predicted octanol–water partition coefficient (Wildman–Crippen LogP) is 4.88. The molecule has 0 unspecified atom stereocenters. The summed E-state index contributed by atoms with van der Waals surface area (Å²) in [6.07, 6.45) is -1.49. The molecular weight excluding hydrogens is 386 g/mol. The van der Waals surface area contributed by atoms with E-state index in [1.807, 2.05) is 62.4 Å². The average Bonchev–Trinajstić information content (AvgIpc) is 3.17. The molecule has 152 valence electrons. The van der Waals surface area contributed by atoms with Crippen LogP contribution >= 0.6 is 0 Å². The Balaban J connectivity index is 1.70. The van der Waals surface area contributed by atoms with E-state index in [2.05, 4.69) is 15.4 Å². The SMILES string of the molecule is Cc1ccc(CNC(=O)c2cnn3c(C(F)F)cc(-c4ccc(C)cc4)nc23)cc1. The largest absolute Gasteiger partial charge is 0.348 e. The van der Waals surface area contributed by atoms with E-state index in [0.717, 1.165) is 21.2 Å². The summed E-state index contributed by atoms with van der Waals surface area (Å²) in [6, 6.07) is 16.5. The van der Waals surface area contributed by atoms with Crippen molar-refractivity contribution in [2.24, 2.45) is 0 Å². The van der Waals surface area contributed by atoms with Crippen LogP contribution in [0.25, 0.3) is 16.9 Å². The van der Waals surface area contributed by atoms with Crippen LogP contribution in [0.4, 0.5) is 8.78 Å². The van der Waals surface area contributed by atoms with Gasteiger partial charge in [0.15, 0.2) is 5.65 Å². The van der Waals surface area contributed by atoms with Crippen LogP contribution in [0.15, 0.2) is 60.8 Å². The van der Waals surface area contributed by atoms with Gasteiger partial charge in [0.2, 0.25) is 0 Å². The van der Waals surface area contributed by atoms with Gasteiger partial charge in [-0.25, -0.2) is 18.3 Å². The number of aromatic nitrogens is 3. The molecule has 0 spiro atoms. The van der Waals surface area contributed by atoms with Gasteiger partial charge in [-0.2, -0.15) is 5.10 Å². The zero-order valence-electron chi connectivity index (χ0n) is 16.6. The highest BCUT2D eigenvalue weighted by atomic mass is 19.3. The van der Waals surface area contributed by atoms with Crippen molar-refractivity contribution in [2.45, 2.75) is 26.8 Å². The minimum Gasteiger partial charge on any atom is -0.348 e. The van der Waals surface area contributed by atoms with Crippen LogP contribution in [0, 0.1) is 13.8 Å². The van der Waals surface area contributed by atoms with E-state index in [-0.39, 0.29) is 16.9 Å². The first-order valence-electron chi connectivity index (χ1n) is 9.50. The first-order valence-corrected chi connectivity index (χ1v) is 9.50. The van der Waals surface area contributed by atoms with Crippen LogP contribution in [-0.2, 0) is 6.54 Å². The number of carbonyl (C=O) groups is 1. The lowest BCUT2D eigenvalue weighted by molar-refractivity contribution is 0.0952. The van der Waals surface area contributed by atoms with Crippen LogP contribution in [0.2, 0.25) is 0 Å². The van der Waals surface area contributed by atoms with E-state index in [0.29, 0.717) is 17.8 Å². The van der Waals surface area contributed by atoms with Crippen LogP contribution < -0.4 is 5.32 Å². The fraction of sp³-hybridized carbons (Fsp3) is 0.174. The molecule has 0 aliphatic heterocycles. The molecule has 4 rings (SSSR count). The van der Waals surface area contributed by atoms with Gasteiger partial charge in [-0.1, -0.05) is 59.7 Å². The van der Waals surface area contributed by atoms with Gasteiger partial charge in [0.1, 0.15) is 11.3 Å². The fourth-order valence-corrected chi connectivity index (χ4v) is 3.16. The minimum absolute atomic E-state index is 0.102. The number of nitrogens with zero attached hydrogens (tertiary/aromatic N) is 3. The number of hydrogen-bond donors (Lipinski definition) is 1. The summed E-state index contributed by atoms with van der Waals surface area (Å²) in [7, 11) is 0. The van der Waals surface area contributed by atoms with Crippen molar-refractivity contribution in [3.05, 3.63) is 88.7 Å². The minimum atomic E-state index is -2.76. The van der Waals surface area contributed by atoms with Crippen molar-refractivity contribution in [3.63, 3.8) is 0 Å². The summed E-state index contributed by atoms with van der Waals surface area (Å²) in [5.74, 6) is -0.417. The van der Waals surface area contributed by atoms with E-state index in [4.69, 9.17) is 0 Å². The lowest BCUT2D eigenvalue weighted by Gasteiger charge is -2.09. The quantitative estimate of drug-likeness (QED) is 0.514. The Kier molecular flexibility index (Phi) is 5.27. The molecule has 0 atom stereocenters. The highest BCUT2D eigenvalue weighted by Gasteiger charge is 2.21. The predicted molar refractivity (Wildman–Crippen MR) is 110 cm³/mol. The Morgan fingerprint density at radius 3 is 2.30 bits per heavy atom. The third-order valence-electron chi connectivity index (χ3n) is 4.89. The second-order valence-electron chi connectivity index (χ2n) is 7.19. The second kappa shape index (κ2) is 8.02. The lowest BCUT2D eigenvalue weighted by atomic mass is 10.1. The second-order valence-corrected chi connectivity index (χ2v) is 7.19. The summed E-state index contributed by atoms with van der Waals surface area (Å²) in [5.41, 5.74) is 4.11. The zero-order valence-corrected chi connectivity index (χ0v) is 16.6. The highest BCUT2D eigenvalue weighted by Crippen LogP contribution is 2.27. The normalized spacial score (nSPS) is 11.2. The Hall–Kier alpha value is -3.61. The summed E-state index contributed by atoms with van der Waals surface area (Å²) in [6.45, 7) is 4.24. The van der Waals surface area contributed by atoms with E-state index in [1.54, 1.807) is 0 Å². The van der Waals surface area contributed by atoms with Crippen LogP contribution in [0.3, 0.4) is 0 Å². The molecule has 0 fully saturated rings. The number of aryl methyl sites for hydroxylation is 2. The smallest absolute Gasteiger partial charge is 0.280 e. The summed E-state index contributed by atoms with van der Waals surface area (Å²) in [4.78, 5) is 17.2. The van der Waals surface area contributed by atoms with Gasteiger partial charge in [0.25, 0.3) is 12.3 Å². The third kappa shape index (κ3) is 3.91. The Labute approximate surface area is 172 Å². The van der Waals surface area contributed by atoms with Crippen molar-refractivity contribution in [3.8, 4) is 11.3 Å². The fourth-order valence-electron chi connectivity index (χ4n) is 3.16. The van der Waals surface area contributed by atoms with Gasteiger partial charge in [0, 0.05) is 12.1 Å². The summed E-state index contributed by atoms with van der Waals surface area (Å²) < 4.78 is 28.4. The summed E-state index contributed by atoms with van der Waals surface area (Å²) in [5, 5.41) is 6.80. The molecule has 0 aliphatic carbocycles. The van der Waals surface area contributed by atoms with Crippen molar-refractivity contribution < 1.29 is 13.6 Å². The molecule has 0 bridgehead atoms. The maximum atomic E-state index is 13.7. The number of fused-ring (bicyclic) bond motifs is 1. The standard InChI is InChI=1S/C23H20F2N4O/c1-14-3-7-16(8-4-14)12-26-23(30)18-13-27-29-20(21(24)25)11-19(28-22(18)29)17-9-5-15(2)6-10-17/h3-11,13,21H,12H2,1-2H3,(H,26,30). The van der Waals surface area contributed by atoms with E-state index in [9.17, 15) is 13.6 Å². The number of benzene rings is 2. The van der Waals surface area contributed by atoms with E-state index >= 15 is 0 Å². The van der Waals surface area contributed by atoms with Gasteiger partial charge >= 0.3 is 0 Å². The number of amides is 1. The molecule has 4 aromatic rings. The topological polar surface area (TPSA) is 59.3 Å². The van der Waals surface area contributed by atoms with Crippen LogP contribution in [-0.4, -0.2) is 20.5 Å². The van der Waals surface area contributed by atoms with Crippen molar-refractivity contribution in [2.75, 3.05) is 0 Å². The number of halogens is 2. The molecule has 7 heteroatoms. The van der Waals surface area contributed by atoms with E-state index in [1.165, 1.54) is 12.3 Å². The van der Waals surface area contributed by atoms with Gasteiger partial charge in [-0.05, 0) is 25.5 Å². The van der Waals surface area contributed by atoms with Crippen molar-refractivity contribution >= 4 is 11.6 Å². The first kappa shape index (κ1) is 19.7. The molecular formula is C23H20F2N4O. The van der Waals surface area contributed by atoms with Crippen LogP contribution in [0.1, 0.15) is 39.2 Å². The Morgan fingerprint density at radius 1 is 1.03 bits per heavy atom. The molecule has 1 amide bonds. The molecule has 1 N–H and O–H groups in total. The molecule has 2 aromatic carbocycles.